The maximum Gasteiger partial charge on any atom is 0.326 e. The van der Waals surface area contributed by atoms with Crippen LogP contribution in [0.25, 0.3) is 0 Å². The summed E-state index contributed by atoms with van der Waals surface area (Å²) >= 11 is 0. The van der Waals surface area contributed by atoms with Gasteiger partial charge in [-0.2, -0.15) is 0 Å². The third kappa shape index (κ3) is 2.36. The highest BCUT2D eigenvalue weighted by Crippen LogP contribution is 2.69. The fraction of sp³-hybridized carbons (Fsp3) is 0.882. The Bertz CT molecular complexity index is 468. The maximum atomic E-state index is 12.9. The van der Waals surface area contributed by atoms with Gasteiger partial charge in [-0.15, -0.1) is 0 Å². The average Bonchev–Trinajstić information content (AvgIpc) is 2.30. The second kappa shape index (κ2) is 4.47. The Hall–Kier alpha value is -1.06. The van der Waals surface area contributed by atoms with Crippen LogP contribution in [0.4, 0.5) is 0 Å². The van der Waals surface area contributed by atoms with Crippen LogP contribution in [0.15, 0.2) is 0 Å². The predicted octanol–water partition coefficient (Wildman–Crippen LogP) is 2.96. The first kappa shape index (κ1) is 14.9. The van der Waals surface area contributed by atoms with E-state index in [9.17, 15) is 14.7 Å². The van der Waals surface area contributed by atoms with Gasteiger partial charge >= 0.3 is 5.97 Å². The van der Waals surface area contributed by atoms with Crippen LogP contribution in [0.2, 0.25) is 0 Å². The minimum absolute atomic E-state index is 0.00157. The third-order valence-corrected chi connectivity index (χ3v) is 6.12. The molecule has 4 rings (SSSR count). The van der Waals surface area contributed by atoms with Gasteiger partial charge in [0, 0.05) is 0 Å². The van der Waals surface area contributed by atoms with Crippen molar-refractivity contribution in [2.75, 3.05) is 0 Å². The van der Waals surface area contributed by atoms with Crippen LogP contribution in [0, 0.1) is 22.2 Å². The Morgan fingerprint density at radius 3 is 2.14 bits per heavy atom. The van der Waals surface area contributed by atoms with Gasteiger partial charge in [-0.1, -0.05) is 20.8 Å². The van der Waals surface area contributed by atoms with Crippen LogP contribution < -0.4 is 5.32 Å². The summed E-state index contributed by atoms with van der Waals surface area (Å²) in [5.74, 6) is -0.279. The van der Waals surface area contributed by atoms with E-state index in [1.807, 2.05) is 0 Å². The first-order valence-corrected chi connectivity index (χ1v) is 8.23. The van der Waals surface area contributed by atoms with E-state index < -0.39 is 12.0 Å². The Labute approximate surface area is 126 Å². The molecule has 0 aliphatic heterocycles. The number of carbonyl (C=O) groups is 2. The van der Waals surface area contributed by atoms with Gasteiger partial charge in [0.1, 0.15) is 6.04 Å². The van der Waals surface area contributed by atoms with Crippen LogP contribution in [0.1, 0.15) is 65.7 Å². The second-order valence-electron chi connectivity index (χ2n) is 8.68. The molecule has 118 valence electrons. The van der Waals surface area contributed by atoms with E-state index in [1.54, 1.807) is 6.92 Å². The molecule has 3 atom stereocenters. The summed E-state index contributed by atoms with van der Waals surface area (Å²) < 4.78 is 0. The van der Waals surface area contributed by atoms with Crippen molar-refractivity contribution in [1.29, 1.82) is 0 Å². The van der Waals surface area contributed by atoms with E-state index in [0.717, 1.165) is 19.3 Å². The Kier molecular flexibility index (Phi) is 3.16. The topological polar surface area (TPSA) is 66.4 Å². The lowest BCUT2D eigenvalue weighted by atomic mass is 9.40. The summed E-state index contributed by atoms with van der Waals surface area (Å²) in [4.78, 5) is 24.1. The van der Waals surface area contributed by atoms with E-state index in [2.05, 4.69) is 19.2 Å². The molecule has 0 saturated heterocycles. The summed E-state index contributed by atoms with van der Waals surface area (Å²) in [5.41, 5.74) is 0.235. The normalized spacial score (nSPS) is 45.4. The van der Waals surface area contributed by atoms with E-state index in [1.165, 1.54) is 19.3 Å². The number of nitrogens with one attached hydrogen (secondary N) is 1. The minimum atomic E-state index is -0.923. The zero-order valence-electron chi connectivity index (χ0n) is 13.4. The number of amides is 1. The zero-order chi connectivity index (χ0) is 15.5. The number of aliphatic carboxylic acids is 1. The van der Waals surface area contributed by atoms with Crippen LogP contribution in [-0.2, 0) is 9.59 Å². The summed E-state index contributed by atoms with van der Waals surface area (Å²) in [6.45, 7) is 6.46. The number of hydrogen-bond donors (Lipinski definition) is 2. The van der Waals surface area contributed by atoms with Crippen molar-refractivity contribution in [3.8, 4) is 0 Å². The maximum absolute atomic E-state index is 12.9. The number of carboxylic acids is 1. The van der Waals surface area contributed by atoms with Gasteiger partial charge < -0.3 is 10.4 Å². The van der Waals surface area contributed by atoms with Gasteiger partial charge in [-0.25, -0.2) is 4.79 Å². The van der Waals surface area contributed by atoms with E-state index in [4.69, 9.17) is 0 Å². The van der Waals surface area contributed by atoms with Crippen molar-refractivity contribution in [2.24, 2.45) is 22.2 Å². The van der Waals surface area contributed by atoms with E-state index in [0.29, 0.717) is 12.3 Å². The monoisotopic (exact) mass is 293 g/mol. The molecule has 4 aliphatic carbocycles. The molecule has 4 fully saturated rings. The highest BCUT2D eigenvalue weighted by molar-refractivity contribution is 5.88. The standard InChI is InChI=1S/C17H27NO3/c1-4-12(13(19)20)18-14(21)17-7-11-5-15(2,9-17)8-16(3,6-11)10-17/h11-12H,4-10H2,1-3H3,(H,18,21)(H,19,20). The second-order valence-corrected chi connectivity index (χ2v) is 8.68. The summed E-state index contributed by atoms with van der Waals surface area (Å²) in [7, 11) is 0. The van der Waals surface area contributed by atoms with Gasteiger partial charge in [0.15, 0.2) is 0 Å². The van der Waals surface area contributed by atoms with Crippen molar-refractivity contribution < 1.29 is 14.7 Å². The molecule has 1 amide bonds. The van der Waals surface area contributed by atoms with Gasteiger partial charge in [0.25, 0.3) is 0 Å². The lowest BCUT2D eigenvalue weighted by Crippen LogP contribution is -2.61. The molecule has 0 heterocycles. The molecule has 0 aromatic heterocycles. The van der Waals surface area contributed by atoms with Crippen LogP contribution >= 0.6 is 0 Å². The fourth-order valence-electron chi connectivity index (χ4n) is 6.35. The molecule has 3 unspecified atom stereocenters. The van der Waals surface area contributed by atoms with Crippen LogP contribution in [0.3, 0.4) is 0 Å². The quantitative estimate of drug-likeness (QED) is 0.837. The molecular weight excluding hydrogens is 266 g/mol. The zero-order valence-corrected chi connectivity index (χ0v) is 13.4. The molecule has 4 aliphatic rings. The molecule has 2 N–H and O–H groups in total. The lowest BCUT2D eigenvalue weighted by molar-refractivity contribution is -0.171. The predicted molar refractivity (Wildman–Crippen MR) is 79.7 cm³/mol. The van der Waals surface area contributed by atoms with Crippen LogP contribution in [0.5, 0.6) is 0 Å². The fourth-order valence-corrected chi connectivity index (χ4v) is 6.35. The molecule has 4 saturated carbocycles. The number of carboxylic acid groups (broad SMARTS) is 1. The molecule has 0 radical (unpaired) electrons. The van der Waals surface area contributed by atoms with Crippen LogP contribution in [-0.4, -0.2) is 23.0 Å². The van der Waals surface area contributed by atoms with Gasteiger partial charge in [-0.05, 0) is 61.7 Å². The SMILES string of the molecule is CCC(NC(=O)C12CC3CC(C)(CC(C)(C3)C1)C2)C(=O)O. The van der Waals surface area contributed by atoms with Gasteiger partial charge in [0.05, 0.1) is 5.41 Å². The summed E-state index contributed by atoms with van der Waals surface area (Å²) in [5, 5.41) is 12.0. The molecule has 0 spiro atoms. The van der Waals surface area contributed by atoms with Crippen molar-refractivity contribution in [3.63, 3.8) is 0 Å². The van der Waals surface area contributed by atoms with Crippen molar-refractivity contribution >= 4 is 11.9 Å². The first-order valence-electron chi connectivity index (χ1n) is 8.23. The molecule has 0 aromatic carbocycles. The molecule has 4 heteroatoms. The first-order chi connectivity index (χ1) is 9.69. The number of rotatable bonds is 4. The Morgan fingerprint density at radius 2 is 1.71 bits per heavy atom. The van der Waals surface area contributed by atoms with E-state index in [-0.39, 0.29) is 22.2 Å². The van der Waals surface area contributed by atoms with E-state index >= 15 is 0 Å². The van der Waals surface area contributed by atoms with Gasteiger partial charge in [0.2, 0.25) is 5.91 Å². The summed E-state index contributed by atoms with van der Waals surface area (Å²) in [6, 6.07) is -0.744. The Balaban J connectivity index is 1.84. The van der Waals surface area contributed by atoms with Gasteiger partial charge in [-0.3, -0.25) is 4.79 Å². The van der Waals surface area contributed by atoms with Crippen molar-refractivity contribution in [3.05, 3.63) is 0 Å². The Morgan fingerprint density at radius 1 is 1.14 bits per heavy atom. The molecular formula is C17H27NO3. The molecule has 4 bridgehead atoms. The lowest BCUT2D eigenvalue weighted by Gasteiger charge is -2.64. The number of carbonyl (C=O) groups excluding carboxylic acids is 1. The third-order valence-electron chi connectivity index (χ3n) is 6.12. The highest BCUT2D eigenvalue weighted by Gasteiger charge is 2.62. The number of hydrogen-bond acceptors (Lipinski definition) is 2. The van der Waals surface area contributed by atoms with Crippen molar-refractivity contribution in [1.82, 2.24) is 5.32 Å². The van der Waals surface area contributed by atoms with Crippen molar-refractivity contribution in [2.45, 2.75) is 71.8 Å². The smallest absolute Gasteiger partial charge is 0.326 e. The summed E-state index contributed by atoms with van der Waals surface area (Å²) in [6.07, 6.45) is 6.99. The average molecular weight is 293 g/mol. The molecule has 4 nitrogen and oxygen atoms in total. The minimum Gasteiger partial charge on any atom is -0.480 e. The molecule has 21 heavy (non-hydrogen) atoms. The largest absolute Gasteiger partial charge is 0.480 e. The molecule has 0 aromatic rings. The highest BCUT2D eigenvalue weighted by atomic mass is 16.4.